The van der Waals surface area contributed by atoms with E-state index in [4.69, 9.17) is 5.26 Å². The first kappa shape index (κ1) is 14.4. The number of nitrogens with zero attached hydrogens (tertiary/aromatic N) is 5. The van der Waals surface area contributed by atoms with E-state index in [1.165, 1.54) is 0 Å². The number of hydrogen-bond acceptors (Lipinski definition) is 6. The minimum Gasteiger partial charge on any atom is -0.369 e. The highest BCUT2D eigenvalue weighted by molar-refractivity contribution is 6.09. The van der Waals surface area contributed by atoms with E-state index in [2.05, 4.69) is 30.4 Å². The Bertz CT molecular complexity index is 958. The van der Waals surface area contributed by atoms with Crippen LogP contribution in [-0.4, -0.2) is 45.7 Å². The van der Waals surface area contributed by atoms with Gasteiger partial charge in [0, 0.05) is 30.1 Å². The number of hydrogen-bond donors (Lipinski definition) is 2. The first-order valence-electron chi connectivity index (χ1n) is 7.74. The summed E-state index contributed by atoms with van der Waals surface area (Å²) in [6.45, 7) is 1.42. The number of H-pyrrole nitrogens is 1. The highest BCUT2D eigenvalue weighted by atomic mass is 16.1. The lowest BCUT2D eigenvalue weighted by molar-refractivity contribution is -0.124. The molecule has 120 valence electrons. The molecule has 3 aromatic rings. The van der Waals surface area contributed by atoms with Gasteiger partial charge in [0.25, 0.3) is 0 Å². The summed E-state index contributed by atoms with van der Waals surface area (Å²) >= 11 is 0. The largest absolute Gasteiger partial charge is 0.369 e. The minimum absolute atomic E-state index is 0.0472. The Kier molecular flexibility index (Phi) is 3.46. The Balaban J connectivity index is 1.69. The first-order chi connectivity index (χ1) is 11.8. The van der Waals surface area contributed by atoms with Gasteiger partial charge in [-0.15, -0.1) is 0 Å². The maximum Gasteiger partial charge on any atom is 0.225 e. The number of aromatic amines is 1. The fourth-order valence-corrected chi connectivity index (χ4v) is 3.25. The number of nitrogens with one attached hydrogen (secondary N) is 2. The molecule has 1 amide bonds. The molecule has 1 atom stereocenters. The predicted octanol–water partition coefficient (Wildman–Crippen LogP) is 0.972. The van der Waals surface area contributed by atoms with E-state index in [1.807, 2.05) is 12.1 Å². The molecule has 1 saturated heterocycles. The van der Waals surface area contributed by atoms with Gasteiger partial charge in [-0.25, -0.2) is 9.97 Å². The van der Waals surface area contributed by atoms with E-state index < -0.39 is 0 Å². The smallest absolute Gasteiger partial charge is 0.225 e. The molecule has 1 unspecified atom stereocenters. The zero-order valence-electron chi connectivity index (χ0n) is 12.9. The molecule has 1 fully saturated rings. The van der Waals surface area contributed by atoms with E-state index >= 15 is 0 Å². The monoisotopic (exact) mass is 321 g/mol. The topological polar surface area (TPSA) is 111 Å². The van der Waals surface area contributed by atoms with Gasteiger partial charge in [-0.1, -0.05) is 0 Å². The van der Waals surface area contributed by atoms with Crippen molar-refractivity contribution in [2.45, 2.75) is 6.42 Å². The molecule has 0 aliphatic carbocycles. The van der Waals surface area contributed by atoms with Crippen LogP contribution in [0.4, 0.5) is 5.69 Å². The summed E-state index contributed by atoms with van der Waals surface area (Å²) in [5.74, 6) is -0.187. The lowest BCUT2D eigenvalue weighted by Gasteiger charge is -2.20. The van der Waals surface area contributed by atoms with Crippen LogP contribution in [0, 0.1) is 17.2 Å². The van der Waals surface area contributed by atoms with Crippen molar-refractivity contribution in [1.29, 1.82) is 5.26 Å². The number of aromatic nitrogens is 4. The molecule has 24 heavy (non-hydrogen) atoms. The van der Waals surface area contributed by atoms with Crippen molar-refractivity contribution in [3.05, 3.63) is 24.7 Å². The van der Waals surface area contributed by atoms with Crippen LogP contribution in [-0.2, 0) is 4.79 Å². The third-order valence-electron chi connectivity index (χ3n) is 4.40. The fraction of sp³-hybridized carbons (Fsp3) is 0.312. The Labute approximate surface area is 137 Å². The van der Waals surface area contributed by atoms with E-state index in [9.17, 15) is 4.79 Å². The molecule has 0 bridgehead atoms. The van der Waals surface area contributed by atoms with Crippen molar-refractivity contribution in [3.63, 3.8) is 0 Å². The molecule has 0 saturated carbocycles. The van der Waals surface area contributed by atoms with E-state index in [0.29, 0.717) is 12.2 Å². The summed E-state index contributed by atoms with van der Waals surface area (Å²) < 4.78 is 0. The number of carbonyl (C=O) groups excluding carboxylic acids is 1. The molecule has 3 aromatic heterocycles. The zero-order valence-corrected chi connectivity index (χ0v) is 12.9. The van der Waals surface area contributed by atoms with Crippen molar-refractivity contribution in [3.8, 4) is 6.07 Å². The lowest BCUT2D eigenvalue weighted by Crippen LogP contribution is -2.33. The van der Waals surface area contributed by atoms with E-state index in [0.717, 1.165) is 34.9 Å². The van der Waals surface area contributed by atoms with Crippen LogP contribution in [0.25, 0.3) is 21.9 Å². The molecule has 1 aliphatic rings. The molecular weight excluding hydrogens is 306 g/mol. The van der Waals surface area contributed by atoms with Gasteiger partial charge in [0.1, 0.15) is 6.54 Å². The van der Waals surface area contributed by atoms with Gasteiger partial charge in [0.05, 0.1) is 35.6 Å². The normalized spacial score (nSPS) is 17.3. The Morgan fingerprint density at radius 1 is 1.46 bits per heavy atom. The van der Waals surface area contributed by atoms with Gasteiger partial charge in [-0.3, -0.25) is 9.89 Å². The van der Waals surface area contributed by atoms with Crippen LogP contribution in [0.2, 0.25) is 0 Å². The molecule has 0 spiro atoms. The minimum atomic E-state index is -0.118. The number of fused-ring (bicyclic) bond motifs is 3. The van der Waals surface area contributed by atoms with Crippen LogP contribution >= 0.6 is 0 Å². The average Bonchev–Trinajstić information content (AvgIpc) is 3.28. The number of amides is 1. The Morgan fingerprint density at radius 3 is 3.25 bits per heavy atom. The SMILES string of the molecule is N#CCNC(=O)C1CCN(c2cn[nH]c3cnc4nccc4c23)C1. The van der Waals surface area contributed by atoms with E-state index in [-0.39, 0.29) is 18.4 Å². The fourth-order valence-electron chi connectivity index (χ4n) is 3.25. The van der Waals surface area contributed by atoms with Gasteiger partial charge in [0.2, 0.25) is 5.91 Å². The summed E-state index contributed by atoms with van der Waals surface area (Å²) in [7, 11) is 0. The molecular formula is C16H15N7O. The maximum atomic E-state index is 12.1. The van der Waals surface area contributed by atoms with Crippen LogP contribution < -0.4 is 10.2 Å². The van der Waals surface area contributed by atoms with Gasteiger partial charge < -0.3 is 10.2 Å². The second-order valence-electron chi connectivity index (χ2n) is 5.79. The summed E-state index contributed by atoms with van der Waals surface area (Å²) in [6, 6.07) is 3.87. The second-order valence-corrected chi connectivity index (χ2v) is 5.79. The number of carbonyl (C=O) groups is 1. The van der Waals surface area contributed by atoms with Crippen molar-refractivity contribution in [2.75, 3.05) is 24.5 Å². The molecule has 8 nitrogen and oxygen atoms in total. The number of nitriles is 1. The average molecular weight is 321 g/mol. The van der Waals surface area contributed by atoms with Gasteiger partial charge in [-0.05, 0) is 12.5 Å². The van der Waals surface area contributed by atoms with Crippen LogP contribution in [0.15, 0.2) is 24.7 Å². The van der Waals surface area contributed by atoms with Crippen molar-refractivity contribution >= 4 is 33.5 Å². The predicted molar refractivity (Wildman–Crippen MR) is 88.1 cm³/mol. The zero-order chi connectivity index (χ0) is 16.5. The van der Waals surface area contributed by atoms with Crippen LogP contribution in [0.3, 0.4) is 0 Å². The quantitative estimate of drug-likeness (QED) is 0.696. The summed E-state index contributed by atoms with van der Waals surface area (Å²) in [5, 5.41) is 20.4. The first-order valence-corrected chi connectivity index (χ1v) is 7.74. The number of pyridine rings is 1. The molecule has 1 aliphatic heterocycles. The van der Waals surface area contributed by atoms with Crippen LogP contribution in [0.5, 0.6) is 0 Å². The highest BCUT2D eigenvalue weighted by Gasteiger charge is 2.29. The molecule has 0 radical (unpaired) electrons. The molecule has 0 aromatic carbocycles. The van der Waals surface area contributed by atoms with Gasteiger partial charge >= 0.3 is 0 Å². The van der Waals surface area contributed by atoms with Crippen LogP contribution in [0.1, 0.15) is 6.42 Å². The Hall–Kier alpha value is -3.21. The summed E-state index contributed by atoms with van der Waals surface area (Å²) in [5.41, 5.74) is 2.51. The number of rotatable bonds is 3. The molecule has 4 rings (SSSR count). The van der Waals surface area contributed by atoms with Crippen molar-refractivity contribution in [1.82, 2.24) is 25.5 Å². The van der Waals surface area contributed by atoms with Crippen molar-refractivity contribution < 1.29 is 4.79 Å². The van der Waals surface area contributed by atoms with Crippen molar-refractivity contribution in [2.24, 2.45) is 5.92 Å². The summed E-state index contributed by atoms with van der Waals surface area (Å²) in [6.07, 6.45) is 6.01. The third kappa shape index (κ3) is 2.31. The Morgan fingerprint density at radius 2 is 2.38 bits per heavy atom. The number of anilines is 1. The second kappa shape index (κ2) is 5.77. The lowest BCUT2D eigenvalue weighted by atomic mass is 10.1. The maximum absolute atomic E-state index is 12.1. The standard InChI is InChI=1S/C16H15N7O/c17-3-5-19-16(24)10-2-6-23(9-10)13-8-21-22-12-7-20-15-11(14(12)13)1-4-18-15/h1,4,7-8,10,22H,2,5-6,9H2,(H,19,24). The summed E-state index contributed by atoms with van der Waals surface area (Å²) in [4.78, 5) is 22.8. The van der Waals surface area contributed by atoms with E-state index in [1.54, 1.807) is 18.6 Å². The molecule has 8 heteroatoms. The highest BCUT2D eigenvalue weighted by Crippen LogP contribution is 2.33. The van der Waals surface area contributed by atoms with Gasteiger partial charge in [-0.2, -0.15) is 10.4 Å². The van der Waals surface area contributed by atoms with Gasteiger partial charge in [0.15, 0.2) is 5.65 Å². The third-order valence-corrected chi connectivity index (χ3v) is 4.40. The molecule has 4 heterocycles. The molecule has 2 N–H and O–H groups in total.